The van der Waals surface area contributed by atoms with Crippen molar-refractivity contribution in [1.82, 2.24) is 9.47 Å². The molecule has 8 nitrogen and oxygen atoms in total. The standard InChI is InChI=1S/C27H39N3O5/c1-18(2)33-22-9-6-5-8-21(22)29-14-12-28(13-15-29)10-7-11-30-25(31)19-16-23-24(17-20(19)26(30)32)35-27(3,4)34-23/h5-6,8-9,18,23-24,31-32H,7,10-17H2,1-4H3. The topological polar surface area (TPSA) is 79.6 Å². The molecular weight excluding hydrogens is 446 g/mol. The largest absolute Gasteiger partial charge is 0.494 e. The molecule has 8 heteroatoms. The minimum atomic E-state index is -0.617. The van der Waals surface area contributed by atoms with E-state index in [2.05, 4.69) is 35.8 Å². The van der Waals surface area contributed by atoms with E-state index >= 15 is 0 Å². The molecular formula is C27H39N3O5. The molecule has 2 atom stereocenters. The lowest BCUT2D eigenvalue weighted by molar-refractivity contribution is -0.145. The molecule has 192 valence electrons. The van der Waals surface area contributed by atoms with E-state index in [9.17, 15) is 10.2 Å². The van der Waals surface area contributed by atoms with Gasteiger partial charge in [-0.05, 0) is 52.8 Å². The molecule has 1 aromatic heterocycles. The van der Waals surface area contributed by atoms with E-state index in [0.29, 0.717) is 19.4 Å². The van der Waals surface area contributed by atoms with Crippen LogP contribution in [0.2, 0.25) is 0 Å². The number of ether oxygens (including phenoxy) is 3. The molecule has 3 heterocycles. The van der Waals surface area contributed by atoms with Crippen LogP contribution in [0.1, 0.15) is 45.2 Å². The first-order valence-electron chi connectivity index (χ1n) is 12.9. The lowest BCUT2D eigenvalue weighted by Gasteiger charge is -2.37. The van der Waals surface area contributed by atoms with Crippen LogP contribution in [0.5, 0.6) is 17.5 Å². The Kier molecular flexibility index (Phi) is 6.63. The third-order valence-electron chi connectivity index (χ3n) is 7.31. The lowest BCUT2D eigenvalue weighted by Crippen LogP contribution is -2.46. The molecule has 0 radical (unpaired) electrons. The van der Waals surface area contributed by atoms with Gasteiger partial charge in [0, 0.05) is 56.7 Å². The summed E-state index contributed by atoms with van der Waals surface area (Å²) in [6.45, 7) is 13.3. The molecule has 0 amide bonds. The molecule has 0 spiro atoms. The van der Waals surface area contributed by atoms with Crippen LogP contribution in [0, 0.1) is 0 Å². The molecule has 2 fully saturated rings. The van der Waals surface area contributed by atoms with Gasteiger partial charge in [0.1, 0.15) is 5.75 Å². The third kappa shape index (κ3) is 4.97. The van der Waals surface area contributed by atoms with Crippen LogP contribution in [-0.4, -0.2) is 76.5 Å². The maximum absolute atomic E-state index is 10.9. The number of aromatic hydroxyl groups is 2. The fraction of sp³-hybridized carbons (Fsp3) is 0.630. The summed E-state index contributed by atoms with van der Waals surface area (Å²) in [5.74, 6) is 0.682. The van der Waals surface area contributed by atoms with Crippen LogP contribution >= 0.6 is 0 Å². The number of rotatable bonds is 7. The minimum absolute atomic E-state index is 0.0778. The molecule has 2 aliphatic heterocycles. The molecule has 5 rings (SSSR count). The molecule has 3 aliphatic rings. The van der Waals surface area contributed by atoms with Crippen molar-refractivity contribution < 1.29 is 24.4 Å². The van der Waals surface area contributed by atoms with Gasteiger partial charge in [0.2, 0.25) is 0 Å². The summed E-state index contributed by atoms with van der Waals surface area (Å²) in [7, 11) is 0. The number of fused-ring (bicyclic) bond motifs is 2. The Morgan fingerprint density at radius 2 is 1.54 bits per heavy atom. The predicted octanol–water partition coefficient (Wildman–Crippen LogP) is 3.52. The average molecular weight is 486 g/mol. The van der Waals surface area contributed by atoms with Crippen LogP contribution < -0.4 is 9.64 Å². The Balaban J connectivity index is 1.14. The van der Waals surface area contributed by atoms with E-state index in [4.69, 9.17) is 14.2 Å². The van der Waals surface area contributed by atoms with Crippen molar-refractivity contribution in [2.45, 2.75) is 77.6 Å². The van der Waals surface area contributed by atoms with E-state index in [-0.39, 0.29) is 30.1 Å². The molecule has 2 N–H and O–H groups in total. The molecule has 0 bridgehead atoms. The van der Waals surface area contributed by atoms with Crippen LogP contribution in [0.4, 0.5) is 5.69 Å². The maximum Gasteiger partial charge on any atom is 0.197 e. The summed E-state index contributed by atoms with van der Waals surface area (Å²) < 4.78 is 19.7. The maximum atomic E-state index is 10.9. The number of hydrogen-bond donors (Lipinski definition) is 2. The zero-order valence-electron chi connectivity index (χ0n) is 21.4. The summed E-state index contributed by atoms with van der Waals surface area (Å²) >= 11 is 0. The zero-order chi connectivity index (χ0) is 24.7. The fourth-order valence-electron chi connectivity index (χ4n) is 5.73. The van der Waals surface area contributed by atoms with Gasteiger partial charge in [-0.1, -0.05) is 12.1 Å². The third-order valence-corrected chi connectivity index (χ3v) is 7.31. The Bertz CT molecular complexity index is 1000. The number of nitrogens with zero attached hydrogens (tertiary/aromatic N) is 3. The molecule has 2 aromatic rings. The smallest absolute Gasteiger partial charge is 0.197 e. The highest BCUT2D eigenvalue weighted by atomic mass is 16.7. The second-order valence-corrected chi connectivity index (χ2v) is 10.7. The van der Waals surface area contributed by atoms with Gasteiger partial charge < -0.3 is 29.3 Å². The van der Waals surface area contributed by atoms with Crippen molar-refractivity contribution in [3.8, 4) is 17.5 Å². The second-order valence-electron chi connectivity index (χ2n) is 10.7. The summed E-state index contributed by atoms with van der Waals surface area (Å²) in [4.78, 5) is 4.85. The SMILES string of the molecule is CC(C)Oc1ccccc1N1CCN(CCCn2c(O)c3c(c2O)CC2OC(C)(C)OC2C3)CC1. The zero-order valence-corrected chi connectivity index (χ0v) is 21.4. The van der Waals surface area contributed by atoms with Crippen molar-refractivity contribution in [3.05, 3.63) is 35.4 Å². The molecule has 35 heavy (non-hydrogen) atoms. The summed E-state index contributed by atoms with van der Waals surface area (Å²) in [5, 5.41) is 21.7. The lowest BCUT2D eigenvalue weighted by atomic mass is 9.90. The van der Waals surface area contributed by atoms with Crippen molar-refractivity contribution in [3.63, 3.8) is 0 Å². The Morgan fingerprint density at radius 3 is 2.14 bits per heavy atom. The van der Waals surface area contributed by atoms with Crippen LogP contribution in [0.15, 0.2) is 24.3 Å². The molecule has 1 aromatic carbocycles. The number of benzene rings is 1. The van der Waals surface area contributed by atoms with E-state index in [0.717, 1.165) is 61.7 Å². The van der Waals surface area contributed by atoms with E-state index < -0.39 is 5.79 Å². The first-order chi connectivity index (χ1) is 16.7. The van der Waals surface area contributed by atoms with Gasteiger partial charge in [0.05, 0.1) is 24.0 Å². The second kappa shape index (κ2) is 9.56. The normalized spacial score (nSPS) is 24.0. The van der Waals surface area contributed by atoms with Crippen LogP contribution in [0.3, 0.4) is 0 Å². The average Bonchev–Trinajstić information content (AvgIpc) is 3.24. The van der Waals surface area contributed by atoms with Crippen molar-refractivity contribution in [2.24, 2.45) is 0 Å². The molecule has 0 saturated carbocycles. The van der Waals surface area contributed by atoms with Gasteiger partial charge in [-0.25, -0.2) is 0 Å². The van der Waals surface area contributed by atoms with Crippen molar-refractivity contribution in [1.29, 1.82) is 0 Å². The van der Waals surface area contributed by atoms with Crippen LogP contribution in [-0.2, 0) is 28.9 Å². The minimum Gasteiger partial charge on any atom is -0.494 e. The molecule has 2 unspecified atom stereocenters. The van der Waals surface area contributed by atoms with Gasteiger partial charge in [0.25, 0.3) is 0 Å². The number of hydrogen-bond acceptors (Lipinski definition) is 7. The predicted molar refractivity (Wildman–Crippen MR) is 134 cm³/mol. The first-order valence-corrected chi connectivity index (χ1v) is 12.9. The van der Waals surface area contributed by atoms with Gasteiger partial charge in [-0.3, -0.25) is 9.47 Å². The highest BCUT2D eigenvalue weighted by Crippen LogP contribution is 2.44. The Labute approximate surface area is 208 Å². The number of aromatic nitrogens is 1. The van der Waals surface area contributed by atoms with Crippen molar-refractivity contribution >= 4 is 5.69 Å². The number of piperazine rings is 1. The van der Waals surface area contributed by atoms with Crippen LogP contribution in [0.25, 0.3) is 0 Å². The van der Waals surface area contributed by atoms with Crippen molar-refractivity contribution in [2.75, 3.05) is 37.6 Å². The van der Waals surface area contributed by atoms with E-state index in [1.165, 1.54) is 0 Å². The van der Waals surface area contributed by atoms with E-state index in [1.54, 1.807) is 4.57 Å². The van der Waals surface area contributed by atoms with E-state index in [1.807, 2.05) is 26.0 Å². The fourth-order valence-corrected chi connectivity index (χ4v) is 5.73. The van der Waals surface area contributed by atoms with Gasteiger partial charge in [-0.15, -0.1) is 0 Å². The number of para-hydroxylation sites is 2. The molecule has 2 saturated heterocycles. The van der Waals surface area contributed by atoms with Gasteiger partial charge in [0.15, 0.2) is 17.5 Å². The highest BCUT2D eigenvalue weighted by molar-refractivity contribution is 5.58. The highest BCUT2D eigenvalue weighted by Gasteiger charge is 2.46. The number of anilines is 1. The summed E-state index contributed by atoms with van der Waals surface area (Å²) in [6, 6.07) is 8.27. The molecule has 1 aliphatic carbocycles. The Hall–Kier alpha value is -2.42. The van der Waals surface area contributed by atoms with Gasteiger partial charge in [-0.2, -0.15) is 0 Å². The first kappa shape index (κ1) is 24.3. The summed E-state index contributed by atoms with van der Waals surface area (Å²) in [6.07, 6.45) is 1.99. The monoisotopic (exact) mass is 485 g/mol. The summed E-state index contributed by atoms with van der Waals surface area (Å²) in [5.41, 5.74) is 2.77. The van der Waals surface area contributed by atoms with Gasteiger partial charge >= 0.3 is 0 Å². The Morgan fingerprint density at radius 1 is 0.943 bits per heavy atom. The quantitative estimate of drug-likeness (QED) is 0.621.